The Morgan fingerprint density at radius 2 is 2.18 bits per heavy atom. The lowest BCUT2D eigenvalue weighted by Crippen LogP contribution is -2.35. The molecule has 0 spiro atoms. The Kier molecular flexibility index (Phi) is 4.40. The lowest BCUT2D eigenvalue weighted by Gasteiger charge is -2.28. The van der Waals surface area contributed by atoms with E-state index in [2.05, 4.69) is 9.88 Å². The van der Waals surface area contributed by atoms with Crippen molar-refractivity contribution < 1.29 is 19.4 Å². The predicted octanol–water partition coefficient (Wildman–Crippen LogP) is 1.68. The third-order valence-electron chi connectivity index (χ3n) is 4.16. The summed E-state index contributed by atoms with van der Waals surface area (Å²) in [7, 11) is 0. The summed E-state index contributed by atoms with van der Waals surface area (Å²) in [4.78, 5) is 17.6. The van der Waals surface area contributed by atoms with E-state index in [1.54, 1.807) is 18.4 Å². The van der Waals surface area contributed by atoms with Crippen molar-refractivity contribution in [2.24, 2.45) is 5.92 Å². The quantitative estimate of drug-likeness (QED) is 0.880. The summed E-state index contributed by atoms with van der Waals surface area (Å²) in [6.45, 7) is 2.45. The molecule has 1 unspecified atom stereocenters. The highest BCUT2D eigenvalue weighted by molar-refractivity contribution is 5.78. The molecular weight excluding hydrogens is 284 g/mol. The molecule has 1 aliphatic carbocycles. The monoisotopic (exact) mass is 304 g/mol. The van der Waals surface area contributed by atoms with Gasteiger partial charge in [-0.3, -0.25) is 9.69 Å². The van der Waals surface area contributed by atoms with Gasteiger partial charge in [-0.1, -0.05) is 18.2 Å². The van der Waals surface area contributed by atoms with E-state index in [-0.39, 0.29) is 6.10 Å². The molecule has 3 rings (SSSR count). The van der Waals surface area contributed by atoms with Crippen LogP contribution in [0, 0.1) is 5.92 Å². The molecule has 0 bridgehead atoms. The Hall–Kier alpha value is -1.92. The van der Waals surface area contributed by atoms with Crippen molar-refractivity contribution in [3.05, 3.63) is 36.1 Å². The van der Waals surface area contributed by atoms with Gasteiger partial charge in [0.25, 0.3) is 0 Å². The number of hydrogen-bond acceptors (Lipinski definition) is 5. The van der Waals surface area contributed by atoms with Gasteiger partial charge in [-0.15, -0.1) is 0 Å². The number of carbonyl (C=O) groups is 1. The molecule has 1 atom stereocenters. The molecule has 2 heterocycles. The summed E-state index contributed by atoms with van der Waals surface area (Å²) in [5, 5.41) is 18.5. The molecule has 118 valence electrons. The van der Waals surface area contributed by atoms with Crippen LogP contribution in [0.3, 0.4) is 0 Å². The van der Waals surface area contributed by atoms with E-state index in [1.807, 2.05) is 6.08 Å². The van der Waals surface area contributed by atoms with E-state index in [4.69, 9.17) is 9.52 Å². The number of rotatable bonds is 4. The summed E-state index contributed by atoms with van der Waals surface area (Å²) in [6.07, 6.45) is 8.82. The number of piperidine rings is 1. The number of aliphatic carboxylic acids is 1. The largest absolute Gasteiger partial charge is 0.481 e. The molecule has 6 heteroatoms. The molecule has 22 heavy (non-hydrogen) atoms. The van der Waals surface area contributed by atoms with Crippen molar-refractivity contribution in [1.82, 2.24) is 9.88 Å². The van der Waals surface area contributed by atoms with Crippen molar-refractivity contribution in [3.8, 4) is 0 Å². The predicted molar refractivity (Wildman–Crippen MR) is 79.9 cm³/mol. The van der Waals surface area contributed by atoms with Gasteiger partial charge in [0.2, 0.25) is 5.89 Å². The van der Waals surface area contributed by atoms with Gasteiger partial charge >= 0.3 is 5.97 Å². The van der Waals surface area contributed by atoms with Crippen LogP contribution in [0.1, 0.15) is 30.8 Å². The highest BCUT2D eigenvalue weighted by Gasteiger charge is 2.20. The molecule has 2 N–H and O–H groups in total. The Balaban J connectivity index is 1.60. The lowest BCUT2D eigenvalue weighted by molar-refractivity contribution is -0.139. The third kappa shape index (κ3) is 3.45. The van der Waals surface area contributed by atoms with Crippen molar-refractivity contribution >= 4 is 11.5 Å². The van der Waals surface area contributed by atoms with Crippen LogP contribution in [0.2, 0.25) is 0 Å². The Labute approximate surface area is 128 Å². The zero-order valence-electron chi connectivity index (χ0n) is 12.3. The van der Waals surface area contributed by atoms with E-state index >= 15 is 0 Å². The van der Waals surface area contributed by atoms with Gasteiger partial charge in [0, 0.05) is 25.2 Å². The van der Waals surface area contributed by atoms with Gasteiger partial charge in [-0.2, -0.15) is 0 Å². The number of hydrogen-bond donors (Lipinski definition) is 2. The Morgan fingerprint density at radius 3 is 2.82 bits per heavy atom. The average molecular weight is 304 g/mol. The average Bonchev–Trinajstić information content (AvgIpc) is 2.98. The number of aliphatic hydroxyl groups is 1. The summed E-state index contributed by atoms with van der Waals surface area (Å²) >= 11 is 0. The maximum atomic E-state index is 10.9. The number of carboxylic acids is 1. The first kappa shape index (κ1) is 15.0. The summed E-state index contributed by atoms with van der Waals surface area (Å²) in [6, 6.07) is 0. The highest BCUT2D eigenvalue weighted by Crippen LogP contribution is 2.24. The number of aliphatic hydroxyl groups excluding tert-OH is 1. The van der Waals surface area contributed by atoms with Crippen LogP contribution >= 0.6 is 0 Å². The number of likely N-dealkylation sites (tertiary alicyclic amines) is 1. The van der Waals surface area contributed by atoms with Gasteiger partial charge in [0.05, 0.1) is 17.7 Å². The molecule has 6 nitrogen and oxygen atoms in total. The minimum atomic E-state index is -0.813. The van der Waals surface area contributed by atoms with Crippen molar-refractivity contribution in [2.45, 2.75) is 31.9 Å². The van der Waals surface area contributed by atoms with E-state index in [9.17, 15) is 9.90 Å². The number of carboxylic acid groups (broad SMARTS) is 1. The smallest absolute Gasteiger partial charge is 0.310 e. The normalized spacial score (nSPS) is 23.5. The van der Waals surface area contributed by atoms with Crippen LogP contribution in [0.25, 0.3) is 5.57 Å². The second kappa shape index (κ2) is 6.46. The minimum absolute atomic E-state index is 0.177. The Morgan fingerprint density at radius 1 is 1.41 bits per heavy atom. The summed E-state index contributed by atoms with van der Waals surface area (Å²) in [5.41, 5.74) is 1.69. The van der Waals surface area contributed by atoms with Gasteiger partial charge in [0.15, 0.2) is 0 Å². The summed E-state index contributed by atoms with van der Waals surface area (Å²) < 4.78 is 5.51. The van der Waals surface area contributed by atoms with Gasteiger partial charge in [-0.05, 0) is 19.3 Å². The standard InChI is InChI=1S/C16H20N2O4/c19-14-5-7-18(8-6-14)9-13-10-22-15(17-13)11-1-3-12(4-2-11)16(20)21/h1-3,10,12,14,19H,4-9H2,(H,20,21). The van der Waals surface area contributed by atoms with E-state index in [0.717, 1.165) is 37.2 Å². The van der Waals surface area contributed by atoms with Crippen molar-refractivity contribution in [3.63, 3.8) is 0 Å². The second-order valence-corrected chi connectivity index (χ2v) is 5.85. The minimum Gasteiger partial charge on any atom is -0.481 e. The van der Waals surface area contributed by atoms with E-state index in [1.165, 1.54) is 0 Å². The van der Waals surface area contributed by atoms with Crippen LogP contribution in [0.4, 0.5) is 0 Å². The van der Waals surface area contributed by atoms with E-state index in [0.29, 0.717) is 18.9 Å². The van der Waals surface area contributed by atoms with Crippen molar-refractivity contribution in [1.29, 1.82) is 0 Å². The first-order valence-electron chi connectivity index (χ1n) is 7.58. The maximum Gasteiger partial charge on any atom is 0.310 e. The number of oxazole rings is 1. The van der Waals surface area contributed by atoms with Crippen LogP contribution in [-0.2, 0) is 11.3 Å². The first-order valence-corrected chi connectivity index (χ1v) is 7.58. The van der Waals surface area contributed by atoms with Gasteiger partial charge in [0.1, 0.15) is 6.26 Å². The van der Waals surface area contributed by atoms with E-state index < -0.39 is 11.9 Å². The summed E-state index contributed by atoms with van der Waals surface area (Å²) in [5.74, 6) is -0.739. The molecular formula is C16H20N2O4. The van der Waals surface area contributed by atoms with Crippen molar-refractivity contribution in [2.75, 3.05) is 13.1 Å². The molecule has 0 saturated carbocycles. The molecule has 1 aliphatic heterocycles. The molecule has 1 aromatic rings. The topological polar surface area (TPSA) is 86.8 Å². The molecule has 1 saturated heterocycles. The Bertz CT molecular complexity index is 597. The fourth-order valence-electron chi connectivity index (χ4n) is 2.78. The molecule has 1 aromatic heterocycles. The van der Waals surface area contributed by atoms with Crippen LogP contribution in [-0.4, -0.2) is 45.3 Å². The van der Waals surface area contributed by atoms with Gasteiger partial charge < -0.3 is 14.6 Å². The first-order chi connectivity index (χ1) is 10.6. The SMILES string of the molecule is O=C(O)C1C=CC(c2nc(CN3CCC(O)CC3)co2)=CC1. The fraction of sp³-hybridized carbons (Fsp3) is 0.500. The van der Waals surface area contributed by atoms with Crippen LogP contribution < -0.4 is 0 Å². The lowest BCUT2D eigenvalue weighted by atomic mass is 9.97. The van der Waals surface area contributed by atoms with Crippen LogP contribution in [0.5, 0.6) is 0 Å². The number of aromatic nitrogens is 1. The molecule has 0 radical (unpaired) electrons. The number of nitrogens with zero attached hydrogens (tertiary/aromatic N) is 2. The molecule has 0 aromatic carbocycles. The highest BCUT2D eigenvalue weighted by atomic mass is 16.4. The fourth-order valence-corrected chi connectivity index (χ4v) is 2.78. The zero-order valence-corrected chi connectivity index (χ0v) is 12.3. The zero-order chi connectivity index (χ0) is 15.5. The third-order valence-corrected chi connectivity index (χ3v) is 4.16. The number of allylic oxidation sites excluding steroid dienone is 3. The van der Waals surface area contributed by atoms with Gasteiger partial charge in [-0.25, -0.2) is 4.98 Å². The van der Waals surface area contributed by atoms with Crippen LogP contribution in [0.15, 0.2) is 28.9 Å². The second-order valence-electron chi connectivity index (χ2n) is 5.85. The molecule has 0 amide bonds. The molecule has 2 aliphatic rings. The maximum absolute atomic E-state index is 10.9. The molecule has 1 fully saturated rings.